The van der Waals surface area contributed by atoms with Gasteiger partial charge in [0.1, 0.15) is 6.07 Å². The van der Waals surface area contributed by atoms with Gasteiger partial charge < -0.3 is 5.32 Å². The zero-order chi connectivity index (χ0) is 9.80. The van der Waals surface area contributed by atoms with Gasteiger partial charge in [0.15, 0.2) is 0 Å². The number of hydrogen-bond donors (Lipinski definition) is 1. The van der Waals surface area contributed by atoms with Crippen LogP contribution in [0.15, 0.2) is 36.0 Å². The Morgan fingerprint density at radius 3 is 2.64 bits per heavy atom. The average Bonchev–Trinajstić information content (AvgIpc) is 2.74. The number of nitrogens with zero attached hydrogens (tertiary/aromatic N) is 1. The third-order valence-corrected chi connectivity index (χ3v) is 2.42. The van der Waals surface area contributed by atoms with Crippen LogP contribution < -0.4 is 5.32 Å². The molecule has 1 fully saturated rings. The molecule has 0 saturated carbocycles. The van der Waals surface area contributed by atoms with E-state index in [1.807, 2.05) is 30.3 Å². The maximum Gasteiger partial charge on any atom is 0.102 e. The molecule has 1 aromatic carbocycles. The van der Waals surface area contributed by atoms with E-state index in [-0.39, 0.29) is 0 Å². The quantitative estimate of drug-likeness (QED) is 0.680. The Labute approximate surface area is 83.9 Å². The molecule has 0 amide bonds. The van der Waals surface area contributed by atoms with Crippen molar-refractivity contribution < 1.29 is 0 Å². The van der Waals surface area contributed by atoms with Crippen LogP contribution in [0.1, 0.15) is 18.4 Å². The van der Waals surface area contributed by atoms with Gasteiger partial charge >= 0.3 is 0 Å². The summed E-state index contributed by atoms with van der Waals surface area (Å²) in [6, 6.07) is 12.1. The Hall–Kier alpha value is -1.75. The van der Waals surface area contributed by atoms with Gasteiger partial charge in [0.2, 0.25) is 0 Å². The molecular formula is C12H12N2. The van der Waals surface area contributed by atoms with Crippen LogP contribution in [0, 0.1) is 11.3 Å². The van der Waals surface area contributed by atoms with E-state index in [1.165, 1.54) is 0 Å². The summed E-state index contributed by atoms with van der Waals surface area (Å²) >= 11 is 0. The number of rotatable bonds is 1. The summed E-state index contributed by atoms with van der Waals surface area (Å²) in [6.45, 7) is 0.993. The Morgan fingerprint density at radius 1 is 1.29 bits per heavy atom. The number of nitrogens with one attached hydrogen (secondary N) is 1. The first-order valence-electron chi connectivity index (χ1n) is 4.84. The first-order chi connectivity index (χ1) is 6.92. The van der Waals surface area contributed by atoms with Crippen molar-refractivity contribution in [1.82, 2.24) is 5.32 Å². The largest absolute Gasteiger partial charge is 0.387 e. The molecule has 2 heteroatoms. The summed E-state index contributed by atoms with van der Waals surface area (Å²) in [5.41, 5.74) is 2.90. The molecule has 70 valence electrons. The van der Waals surface area contributed by atoms with Gasteiger partial charge in [0.05, 0.1) is 5.57 Å². The second-order valence-electron chi connectivity index (χ2n) is 3.36. The van der Waals surface area contributed by atoms with E-state index >= 15 is 0 Å². The van der Waals surface area contributed by atoms with Crippen LogP contribution in [-0.4, -0.2) is 6.54 Å². The summed E-state index contributed by atoms with van der Waals surface area (Å²) in [4.78, 5) is 0. The SMILES string of the molecule is N#C/C(=C1/CCCN1)c1ccccc1. The molecule has 1 saturated heterocycles. The number of hydrogen-bond acceptors (Lipinski definition) is 2. The van der Waals surface area contributed by atoms with Gasteiger partial charge in [-0.3, -0.25) is 0 Å². The van der Waals surface area contributed by atoms with E-state index in [1.54, 1.807) is 0 Å². The van der Waals surface area contributed by atoms with E-state index in [9.17, 15) is 0 Å². The van der Waals surface area contributed by atoms with Crippen molar-refractivity contribution in [3.8, 4) is 6.07 Å². The van der Waals surface area contributed by atoms with E-state index in [2.05, 4.69) is 11.4 Å². The molecule has 1 aliphatic rings. The smallest absolute Gasteiger partial charge is 0.102 e. The van der Waals surface area contributed by atoms with Crippen molar-refractivity contribution in [2.75, 3.05) is 6.54 Å². The van der Waals surface area contributed by atoms with Crippen molar-refractivity contribution in [1.29, 1.82) is 5.26 Å². The fraction of sp³-hybridized carbons (Fsp3) is 0.250. The standard InChI is InChI=1S/C12H12N2/c13-9-11(12-7-4-8-14-12)10-5-2-1-3-6-10/h1-3,5-6,14H,4,7-8H2/b12-11+. The van der Waals surface area contributed by atoms with Gasteiger partial charge in [-0.05, 0) is 18.4 Å². The fourth-order valence-electron chi connectivity index (χ4n) is 1.72. The van der Waals surface area contributed by atoms with E-state index in [0.29, 0.717) is 0 Å². The van der Waals surface area contributed by atoms with Crippen molar-refractivity contribution in [3.05, 3.63) is 41.6 Å². The lowest BCUT2D eigenvalue weighted by Crippen LogP contribution is -2.05. The maximum absolute atomic E-state index is 9.09. The highest BCUT2D eigenvalue weighted by molar-refractivity contribution is 5.79. The first-order valence-corrected chi connectivity index (χ1v) is 4.84. The highest BCUT2D eigenvalue weighted by Crippen LogP contribution is 2.22. The van der Waals surface area contributed by atoms with Crippen LogP contribution in [0.3, 0.4) is 0 Å². The minimum Gasteiger partial charge on any atom is -0.387 e. The highest BCUT2D eigenvalue weighted by atomic mass is 14.9. The lowest BCUT2D eigenvalue weighted by atomic mass is 10.0. The van der Waals surface area contributed by atoms with Crippen molar-refractivity contribution in [2.45, 2.75) is 12.8 Å². The Balaban J connectivity index is 2.40. The van der Waals surface area contributed by atoms with Gasteiger partial charge in [-0.25, -0.2) is 0 Å². The summed E-state index contributed by atoms with van der Waals surface area (Å²) in [5.74, 6) is 0. The lowest BCUT2D eigenvalue weighted by Gasteiger charge is -2.03. The minimum atomic E-state index is 0.795. The molecule has 0 aromatic heterocycles. The normalized spacial score (nSPS) is 18.5. The van der Waals surface area contributed by atoms with Crippen molar-refractivity contribution >= 4 is 5.57 Å². The van der Waals surface area contributed by atoms with Crippen LogP contribution >= 0.6 is 0 Å². The third-order valence-electron chi connectivity index (χ3n) is 2.42. The fourth-order valence-corrected chi connectivity index (χ4v) is 1.72. The molecule has 1 heterocycles. The zero-order valence-corrected chi connectivity index (χ0v) is 7.96. The average molecular weight is 184 g/mol. The Kier molecular flexibility index (Phi) is 2.51. The molecule has 14 heavy (non-hydrogen) atoms. The van der Waals surface area contributed by atoms with E-state index in [0.717, 1.165) is 36.2 Å². The zero-order valence-electron chi connectivity index (χ0n) is 7.96. The summed E-state index contributed by atoms with van der Waals surface area (Å²) in [6.07, 6.45) is 2.13. The minimum absolute atomic E-state index is 0.795. The lowest BCUT2D eigenvalue weighted by molar-refractivity contribution is 0.904. The van der Waals surface area contributed by atoms with Crippen LogP contribution in [0.4, 0.5) is 0 Å². The molecule has 1 N–H and O–H groups in total. The molecule has 2 rings (SSSR count). The predicted octanol–water partition coefficient (Wildman–Crippen LogP) is 2.30. The van der Waals surface area contributed by atoms with Crippen molar-refractivity contribution in [3.63, 3.8) is 0 Å². The molecule has 2 nitrogen and oxygen atoms in total. The van der Waals surface area contributed by atoms with Gasteiger partial charge in [-0.2, -0.15) is 5.26 Å². The molecule has 0 bridgehead atoms. The summed E-state index contributed by atoms with van der Waals surface area (Å²) in [7, 11) is 0. The molecule has 1 aromatic rings. The van der Waals surface area contributed by atoms with Gasteiger partial charge in [0, 0.05) is 12.2 Å². The van der Waals surface area contributed by atoms with Gasteiger partial charge in [-0.15, -0.1) is 0 Å². The van der Waals surface area contributed by atoms with Gasteiger partial charge in [0.25, 0.3) is 0 Å². The predicted molar refractivity (Wildman–Crippen MR) is 56.2 cm³/mol. The molecule has 0 aliphatic carbocycles. The molecular weight excluding hydrogens is 172 g/mol. The summed E-state index contributed by atoms with van der Waals surface area (Å²) < 4.78 is 0. The monoisotopic (exact) mass is 184 g/mol. The number of benzene rings is 1. The third kappa shape index (κ3) is 1.62. The van der Waals surface area contributed by atoms with Crippen LogP contribution in [0.25, 0.3) is 5.57 Å². The topological polar surface area (TPSA) is 35.8 Å². The van der Waals surface area contributed by atoms with Crippen molar-refractivity contribution in [2.24, 2.45) is 0 Å². The Bertz CT molecular complexity index is 377. The second-order valence-corrected chi connectivity index (χ2v) is 3.36. The number of nitriles is 1. The molecule has 0 atom stereocenters. The Morgan fingerprint density at radius 2 is 2.07 bits per heavy atom. The molecule has 1 aliphatic heterocycles. The summed E-state index contributed by atoms with van der Waals surface area (Å²) in [5, 5.41) is 12.4. The van der Waals surface area contributed by atoms with Crippen LogP contribution in [0.5, 0.6) is 0 Å². The first kappa shape index (κ1) is 8.83. The highest BCUT2D eigenvalue weighted by Gasteiger charge is 2.12. The van der Waals surface area contributed by atoms with E-state index < -0.39 is 0 Å². The number of allylic oxidation sites excluding steroid dienone is 2. The van der Waals surface area contributed by atoms with Crippen LogP contribution in [0.2, 0.25) is 0 Å². The molecule has 0 radical (unpaired) electrons. The maximum atomic E-state index is 9.09. The van der Waals surface area contributed by atoms with Gasteiger partial charge in [-0.1, -0.05) is 30.3 Å². The molecule has 0 unspecified atom stereocenters. The second kappa shape index (κ2) is 3.97. The van der Waals surface area contributed by atoms with Crippen LogP contribution in [-0.2, 0) is 0 Å². The van der Waals surface area contributed by atoms with E-state index in [4.69, 9.17) is 5.26 Å². The molecule has 0 spiro atoms.